The van der Waals surface area contributed by atoms with Crippen molar-refractivity contribution in [3.63, 3.8) is 0 Å². The number of fused-ring (bicyclic) bond motifs is 2. The van der Waals surface area contributed by atoms with Crippen LogP contribution in [0.2, 0.25) is 0 Å². The first-order chi connectivity index (χ1) is 15.7. The largest absolute Gasteiger partial charge is 0.454 e. The van der Waals surface area contributed by atoms with Crippen LogP contribution < -0.4 is 25.4 Å². The Hall–Kier alpha value is -3.06. The first-order valence-corrected chi connectivity index (χ1v) is 11.4. The molecule has 0 radical (unpaired) electrons. The number of carbonyl (C=O) groups is 2. The Bertz CT molecular complexity index is 1000. The molecule has 0 spiro atoms. The third-order valence-corrected chi connectivity index (χ3v) is 6.82. The summed E-state index contributed by atoms with van der Waals surface area (Å²) in [5, 5.41) is 9.48. The van der Waals surface area contributed by atoms with E-state index in [0.29, 0.717) is 24.0 Å². The molecule has 2 aromatic carbocycles. The van der Waals surface area contributed by atoms with Gasteiger partial charge in [0.1, 0.15) is 0 Å². The smallest absolute Gasteiger partial charge is 0.237 e. The van der Waals surface area contributed by atoms with Crippen molar-refractivity contribution in [2.75, 3.05) is 18.7 Å². The number of rotatable bonds is 5. The van der Waals surface area contributed by atoms with Crippen molar-refractivity contribution < 1.29 is 19.1 Å². The molecule has 1 fully saturated rings. The van der Waals surface area contributed by atoms with E-state index in [0.717, 1.165) is 44.3 Å². The molecule has 1 saturated carbocycles. The summed E-state index contributed by atoms with van der Waals surface area (Å²) in [6, 6.07) is 13.6. The molecule has 5 rings (SSSR count). The molecule has 7 heteroatoms. The van der Waals surface area contributed by atoms with Gasteiger partial charge in [0.15, 0.2) is 11.5 Å². The van der Waals surface area contributed by atoms with Crippen LogP contribution in [-0.4, -0.2) is 31.2 Å². The number of amides is 2. The number of ether oxygens (including phenoxy) is 2. The van der Waals surface area contributed by atoms with Crippen molar-refractivity contribution in [1.82, 2.24) is 10.6 Å². The number of hydrogen-bond acceptors (Lipinski definition) is 5. The third kappa shape index (κ3) is 4.58. The Balaban J connectivity index is 1.05. The molecule has 0 bridgehead atoms. The lowest BCUT2D eigenvalue weighted by molar-refractivity contribution is -0.124. The molecule has 1 aliphatic carbocycles. The topological polar surface area (TPSA) is 88.7 Å². The van der Waals surface area contributed by atoms with Crippen LogP contribution in [0, 0.1) is 11.8 Å². The Labute approximate surface area is 187 Å². The summed E-state index contributed by atoms with van der Waals surface area (Å²) in [6.45, 7) is 1.63. The van der Waals surface area contributed by atoms with E-state index in [1.165, 1.54) is 11.1 Å². The van der Waals surface area contributed by atoms with Gasteiger partial charge in [-0.05, 0) is 61.3 Å². The lowest BCUT2D eigenvalue weighted by Gasteiger charge is -2.29. The highest BCUT2D eigenvalue weighted by Crippen LogP contribution is 2.35. The van der Waals surface area contributed by atoms with E-state index < -0.39 is 0 Å². The summed E-state index contributed by atoms with van der Waals surface area (Å²) < 4.78 is 10.7. The molecule has 168 valence electrons. The van der Waals surface area contributed by atoms with Gasteiger partial charge in [0, 0.05) is 30.8 Å². The molecule has 0 aromatic heterocycles. The first kappa shape index (κ1) is 20.8. The van der Waals surface area contributed by atoms with Crippen LogP contribution in [0.15, 0.2) is 42.5 Å². The minimum absolute atomic E-state index is 0.00360. The quantitative estimate of drug-likeness (QED) is 0.672. The zero-order chi connectivity index (χ0) is 21.9. The fourth-order valence-corrected chi connectivity index (χ4v) is 4.86. The van der Waals surface area contributed by atoms with Gasteiger partial charge in [0.2, 0.25) is 18.6 Å². The maximum atomic E-state index is 12.7. The Morgan fingerprint density at radius 1 is 0.938 bits per heavy atom. The highest BCUT2D eigenvalue weighted by Gasteiger charge is 2.28. The van der Waals surface area contributed by atoms with Crippen molar-refractivity contribution in [2.24, 2.45) is 11.8 Å². The summed E-state index contributed by atoms with van der Waals surface area (Å²) in [5.74, 6) is 1.92. The highest BCUT2D eigenvalue weighted by atomic mass is 16.7. The average molecular weight is 436 g/mol. The van der Waals surface area contributed by atoms with Crippen LogP contribution in [0.1, 0.15) is 36.8 Å². The summed E-state index contributed by atoms with van der Waals surface area (Å²) in [7, 11) is 0. The predicted molar refractivity (Wildman–Crippen MR) is 120 cm³/mol. The van der Waals surface area contributed by atoms with Crippen LogP contribution >= 0.6 is 0 Å². The molecule has 3 N–H and O–H groups in total. The van der Waals surface area contributed by atoms with Crippen LogP contribution in [0.25, 0.3) is 0 Å². The Morgan fingerprint density at radius 2 is 1.72 bits per heavy atom. The van der Waals surface area contributed by atoms with E-state index >= 15 is 0 Å². The molecule has 1 atom stereocenters. The SMILES string of the molecule is O=C(Nc1ccc2c(c1)OCO2)C1CCC(CNC(=O)C2Cc3ccccc3CN2)CC1. The van der Waals surface area contributed by atoms with Crippen molar-refractivity contribution in [2.45, 2.75) is 44.7 Å². The van der Waals surface area contributed by atoms with Gasteiger partial charge in [0.05, 0.1) is 6.04 Å². The lowest BCUT2D eigenvalue weighted by atomic mass is 9.81. The summed E-state index contributed by atoms with van der Waals surface area (Å²) in [5.41, 5.74) is 3.25. The Kier molecular flexibility index (Phi) is 5.99. The van der Waals surface area contributed by atoms with E-state index in [9.17, 15) is 9.59 Å². The van der Waals surface area contributed by atoms with Crippen LogP contribution in [-0.2, 0) is 22.6 Å². The number of anilines is 1. The van der Waals surface area contributed by atoms with Gasteiger partial charge >= 0.3 is 0 Å². The summed E-state index contributed by atoms with van der Waals surface area (Å²) in [4.78, 5) is 25.3. The van der Waals surface area contributed by atoms with E-state index in [1.54, 1.807) is 6.07 Å². The Morgan fingerprint density at radius 3 is 2.56 bits per heavy atom. The van der Waals surface area contributed by atoms with Crippen molar-refractivity contribution in [3.05, 3.63) is 53.6 Å². The molecule has 1 unspecified atom stereocenters. The van der Waals surface area contributed by atoms with E-state index in [-0.39, 0.29) is 30.6 Å². The number of nitrogens with one attached hydrogen (secondary N) is 3. The number of benzene rings is 2. The molecule has 3 aliphatic rings. The second kappa shape index (κ2) is 9.20. The molecule has 2 aliphatic heterocycles. The maximum absolute atomic E-state index is 12.7. The molecular formula is C25H29N3O4. The maximum Gasteiger partial charge on any atom is 0.237 e. The number of hydrogen-bond donors (Lipinski definition) is 3. The second-order valence-electron chi connectivity index (χ2n) is 8.93. The fraction of sp³-hybridized carbons (Fsp3) is 0.440. The van der Waals surface area contributed by atoms with Crippen LogP contribution in [0.4, 0.5) is 5.69 Å². The third-order valence-electron chi connectivity index (χ3n) is 6.82. The molecular weight excluding hydrogens is 406 g/mol. The number of carbonyl (C=O) groups excluding carboxylic acids is 2. The summed E-state index contributed by atoms with van der Waals surface area (Å²) in [6.07, 6.45) is 4.30. The standard InChI is InChI=1S/C25H29N3O4/c29-24(28-20-9-10-22-23(12-20)32-15-31-22)17-7-5-16(6-8-17)13-27-25(30)21-11-18-3-1-2-4-19(18)14-26-21/h1-4,9-10,12,16-17,21,26H,5-8,11,13-15H2,(H,27,30)(H,28,29). The first-order valence-electron chi connectivity index (χ1n) is 11.4. The van der Waals surface area contributed by atoms with Crippen molar-refractivity contribution >= 4 is 17.5 Å². The van der Waals surface area contributed by atoms with E-state index in [4.69, 9.17) is 9.47 Å². The van der Waals surface area contributed by atoms with Gasteiger partial charge in [-0.3, -0.25) is 9.59 Å². The second-order valence-corrected chi connectivity index (χ2v) is 8.93. The van der Waals surface area contributed by atoms with E-state index in [1.807, 2.05) is 24.3 Å². The minimum atomic E-state index is -0.172. The van der Waals surface area contributed by atoms with Gasteiger partial charge in [-0.1, -0.05) is 24.3 Å². The highest BCUT2D eigenvalue weighted by molar-refractivity contribution is 5.93. The molecule has 2 heterocycles. The van der Waals surface area contributed by atoms with Gasteiger partial charge in [-0.25, -0.2) is 0 Å². The van der Waals surface area contributed by atoms with Gasteiger partial charge in [-0.2, -0.15) is 0 Å². The van der Waals surface area contributed by atoms with Gasteiger partial charge < -0.3 is 25.4 Å². The van der Waals surface area contributed by atoms with Gasteiger partial charge in [-0.15, -0.1) is 0 Å². The zero-order valence-electron chi connectivity index (χ0n) is 18.1. The predicted octanol–water partition coefficient (Wildman–Crippen LogP) is 2.99. The molecule has 0 saturated heterocycles. The minimum Gasteiger partial charge on any atom is -0.454 e. The van der Waals surface area contributed by atoms with E-state index in [2.05, 4.69) is 28.1 Å². The molecule has 7 nitrogen and oxygen atoms in total. The van der Waals surface area contributed by atoms with Crippen molar-refractivity contribution in [1.29, 1.82) is 0 Å². The molecule has 2 amide bonds. The lowest BCUT2D eigenvalue weighted by Crippen LogP contribution is -2.48. The zero-order valence-corrected chi connectivity index (χ0v) is 18.1. The summed E-state index contributed by atoms with van der Waals surface area (Å²) >= 11 is 0. The van der Waals surface area contributed by atoms with Crippen LogP contribution in [0.5, 0.6) is 11.5 Å². The monoisotopic (exact) mass is 435 g/mol. The van der Waals surface area contributed by atoms with Crippen LogP contribution in [0.3, 0.4) is 0 Å². The molecule has 2 aromatic rings. The van der Waals surface area contributed by atoms with Crippen molar-refractivity contribution in [3.8, 4) is 11.5 Å². The molecule has 32 heavy (non-hydrogen) atoms. The average Bonchev–Trinajstić information content (AvgIpc) is 3.30. The van der Waals surface area contributed by atoms with Gasteiger partial charge in [0.25, 0.3) is 0 Å². The normalized spacial score (nSPS) is 23.8. The fourth-order valence-electron chi connectivity index (χ4n) is 4.86.